The van der Waals surface area contributed by atoms with E-state index in [1.807, 2.05) is 43.3 Å². The van der Waals surface area contributed by atoms with Crippen molar-refractivity contribution in [3.05, 3.63) is 75.3 Å². The second-order valence-electron chi connectivity index (χ2n) is 7.60. The Morgan fingerprint density at radius 1 is 1.22 bits per heavy atom. The van der Waals surface area contributed by atoms with E-state index < -0.39 is 5.25 Å². The monoisotopic (exact) mass is 467 g/mol. The van der Waals surface area contributed by atoms with E-state index in [4.69, 9.17) is 16.3 Å². The topological polar surface area (TPSA) is 73.6 Å². The molecule has 2 heterocycles. The maximum Gasteiger partial charge on any atom is 0.267 e. The van der Waals surface area contributed by atoms with E-state index in [0.717, 1.165) is 11.1 Å². The second-order valence-corrected chi connectivity index (χ2v) is 9.20. The van der Waals surface area contributed by atoms with Gasteiger partial charge in [-0.2, -0.15) is 5.26 Å². The number of amides is 2. The fourth-order valence-electron chi connectivity index (χ4n) is 3.69. The van der Waals surface area contributed by atoms with Crippen LogP contribution in [0.1, 0.15) is 11.1 Å². The Labute approximate surface area is 196 Å². The summed E-state index contributed by atoms with van der Waals surface area (Å²) in [7, 11) is 0. The summed E-state index contributed by atoms with van der Waals surface area (Å²) in [5.74, 6) is -0.526. The number of morpholine rings is 1. The molecule has 1 atom stereocenters. The lowest BCUT2D eigenvalue weighted by Crippen LogP contribution is -2.42. The van der Waals surface area contributed by atoms with Crippen molar-refractivity contribution in [2.45, 2.75) is 18.6 Å². The molecule has 2 aliphatic heterocycles. The number of para-hydroxylation sites is 1. The van der Waals surface area contributed by atoms with E-state index in [1.54, 1.807) is 17.0 Å². The maximum atomic E-state index is 13.5. The summed E-state index contributed by atoms with van der Waals surface area (Å²) < 4.78 is 5.32. The zero-order valence-corrected chi connectivity index (χ0v) is 19.2. The summed E-state index contributed by atoms with van der Waals surface area (Å²) in [6.07, 6.45) is 0.445. The minimum Gasteiger partial charge on any atom is -0.378 e. The molecule has 4 rings (SSSR count). The molecule has 164 valence electrons. The first kappa shape index (κ1) is 22.4. The molecule has 0 N–H and O–H groups in total. The second kappa shape index (κ2) is 9.78. The Bertz CT molecular complexity index is 1110. The number of hydrogen-bond donors (Lipinski definition) is 0. The molecule has 2 amide bonds. The molecule has 2 aromatic rings. The molecule has 0 radical (unpaired) electrons. The van der Waals surface area contributed by atoms with Gasteiger partial charge in [0.2, 0.25) is 5.91 Å². The highest BCUT2D eigenvalue weighted by molar-refractivity contribution is 8.05. The van der Waals surface area contributed by atoms with Crippen molar-refractivity contribution in [1.82, 2.24) is 4.90 Å². The number of hydrogen-bond acceptors (Lipinski definition) is 5. The van der Waals surface area contributed by atoms with Gasteiger partial charge in [0.05, 0.1) is 18.5 Å². The molecule has 32 heavy (non-hydrogen) atoms. The highest BCUT2D eigenvalue weighted by Crippen LogP contribution is 2.42. The number of carbonyl (C=O) groups is 2. The predicted octanol–water partition coefficient (Wildman–Crippen LogP) is 3.93. The highest BCUT2D eigenvalue weighted by Gasteiger charge is 2.41. The van der Waals surface area contributed by atoms with E-state index >= 15 is 0 Å². The van der Waals surface area contributed by atoms with Gasteiger partial charge in [0.1, 0.15) is 16.7 Å². The first-order valence-electron chi connectivity index (χ1n) is 10.3. The standard InChI is InChI=1S/C24H22ClN3O3S/c1-16-7-8-17(13-20(16)25)14-21-23(30)28(18-5-3-2-4-6-18)24(32-21)19(15-26)22(29)27-9-11-31-12-10-27/h2-8,13,21H,9-12,14H2,1H3/b24-19-/t21-/m1/s1. The number of nitrogens with zero attached hydrogens (tertiary/aromatic N) is 3. The van der Waals surface area contributed by atoms with Crippen molar-refractivity contribution < 1.29 is 14.3 Å². The summed E-state index contributed by atoms with van der Waals surface area (Å²) in [6.45, 7) is 3.64. The van der Waals surface area contributed by atoms with E-state index in [1.165, 1.54) is 16.7 Å². The molecule has 0 aliphatic carbocycles. The van der Waals surface area contributed by atoms with E-state index in [9.17, 15) is 14.9 Å². The molecule has 2 aromatic carbocycles. The number of ether oxygens (including phenoxy) is 1. The van der Waals surface area contributed by atoms with Gasteiger partial charge in [-0.3, -0.25) is 14.5 Å². The molecule has 2 saturated heterocycles. The third kappa shape index (κ3) is 4.53. The summed E-state index contributed by atoms with van der Waals surface area (Å²) in [5.41, 5.74) is 2.51. The van der Waals surface area contributed by atoms with Crippen molar-refractivity contribution in [1.29, 1.82) is 5.26 Å². The Morgan fingerprint density at radius 3 is 2.59 bits per heavy atom. The molecule has 0 unspecified atom stereocenters. The normalized spacial score (nSPS) is 20.3. The number of aryl methyl sites for hydroxylation is 1. The minimum atomic E-state index is -0.468. The van der Waals surface area contributed by atoms with Crippen LogP contribution >= 0.6 is 23.4 Å². The van der Waals surface area contributed by atoms with Crippen molar-refractivity contribution >= 4 is 40.9 Å². The van der Waals surface area contributed by atoms with Crippen LogP contribution in [0.15, 0.2) is 59.1 Å². The van der Waals surface area contributed by atoms with Crippen LogP contribution in [0.5, 0.6) is 0 Å². The Morgan fingerprint density at radius 2 is 1.94 bits per heavy atom. The lowest BCUT2D eigenvalue weighted by Gasteiger charge is -2.27. The lowest BCUT2D eigenvalue weighted by molar-refractivity contribution is -0.130. The molecular formula is C24H22ClN3O3S. The number of anilines is 1. The first-order valence-corrected chi connectivity index (χ1v) is 11.6. The minimum absolute atomic E-state index is 0.0152. The molecule has 8 heteroatoms. The Kier molecular flexibility index (Phi) is 6.85. The molecular weight excluding hydrogens is 446 g/mol. The fraction of sp³-hybridized carbons (Fsp3) is 0.292. The summed E-state index contributed by atoms with van der Waals surface area (Å²) in [5, 5.41) is 10.5. The van der Waals surface area contributed by atoms with Crippen LogP contribution in [0.4, 0.5) is 5.69 Å². The van der Waals surface area contributed by atoms with Gasteiger partial charge in [0.15, 0.2) is 0 Å². The van der Waals surface area contributed by atoms with Crippen molar-refractivity contribution in [3.8, 4) is 6.07 Å². The number of thioether (sulfide) groups is 1. The number of nitriles is 1. The molecule has 6 nitrogen and oxygen atoms in total. The molecule has 0 aromatic heterocycles. The van der Waals surface area contributed by atoms with Crippen LogP contribution in [0.3, 0.4) is 0 Å². The Hall–Kier alpha value is -2.79. The van der Waals surface area contributed by atoms with Crippen LogP contribution in [-0.2, 0) is 20.7 Å². The first-order chi connectivity index (χ1) is 15.5. The van der Waals surface area contributed by atoms with E-state index in [0.29, 0.717) is 48.5 Å². The number of halogens is 1. The van der Waals surface area contributed by atoms with Crippen LogP contribution < -0.4 is 4.90 Å². The Balaban J connectivity index is 1.71. The summed E-state index contributed by atoms with van der Waals surface area (Å²) in [6, 6.07) is 16.9. The molecule has 0 spiro atoms. The van der Waals surface area contributed by atoms with Crippen molar-refractivity contribution in [2.24, 2.45) is 0 Å². The third-order valence-electron chi connectivity index (χ3n) is 5.46. The van der Waals surface area contributed by atoms with Gasteiger partial charge in [-0.05, 0) is 42.7 Å². The lowest BCUT2D eigenvalue weighted by atomic mass is 10.1. The third-order valence-corrected chi connectivity index (χ3v) is 7.13. The zero-order valence-electron chi connectivity index (χ0n) is 17.6. The molecule has 0 bridgehead atoms. The quantitative estimate of drug-likeness (QED) is 0.503. The van der Waals surface area contributed by atoms with Crippen LogP contribution in [0.2, 0.25) is 5.02 Å². The highest BCUT2D eigenvalue weighted by atomic mass is 35.5. The maximum absolute atomic E-state index is 13.5. The number of carbonyl (C=O) groups excluding carboxylic acids is 2. The molecule has 2 aliphatic rings. The van der Waals surface area contributed by atoms with E-state index in [2.05, 4.69) is 6.07 Å². The van der Waals surface area contributed by atoms with E-state index in [-0.39, 0.29) is 17.4 Å². The average Bonchev–Trinajstić information content (AvgIpc) is 3.13. The SMILES string of the molecule is Cc1ccc(C[C@H]2S/C(=C(/C#N)C(=O)N3CCOCC3)N(c3ccccc3)C2=O)cc1Cl. The largest absolute Gasteiger partial charge is 0.378 e. The van der Waals surface area contributed by atoms with Gasteiger partial charge < -0.3 is 9.64 Å². The van der Waals surface area contributed by atoms with Crippen LogP contribution in [0.25, 0.3) is 0 Å². The summed E-state index contributed by atoms with van der Waals surface area (Å²) in [4.78, 5) is 29.8. The average molecular weight is 468 g/mol. The number of rotatable bonds is 4. The van der Waals surface area contributed by atoms with Gasteiger partial charge in [-0.25, -0.2) is 0 Å². The van der Waals surface area contributed by atoms with Gasteiger partial charge in [0.25, 0.3) is 5.91 Å². The van der Waals surface area contributed by atoms with Crippen molar-refractivity contribution in [3.63, 3.8) is 0 Å². The zero-order chi connectivity index (χ0) is 22.7. The van der Waals surface area contributed by atoms with Crippen LogP contribution in [0, 0.1) is 18.3 Å². The smallest absolute Gasteiger partial charge is 0.267 e. The van der Waals surface area contributed by atoms with Gasteiger partial charge in [0, 0.05) is 23.8 Å². The number of benzene rings is 2. The van der Waals surface area contributed by atoms with Gasteiger partial charge in [-0.15, -0.1) is 0 Å². The van der Waals surface area contributed by atoms with Gasteiger partial charge >= 0.3 is 0 Å². The fourth-order valence-corrected chi connectivity index (χ4v) is 5.20. The summed E-state index contributed by atoms with van der Waals surface area (Å²) >= 11 is 7.54. The molecule has 0 saturated carbocycles. The predicted molar refractivity (Wildman–Crippen MR) is 125 cm³/mol. The molecule has 2 fully saturated rings. The van der Waals surface area contributed by atoms with Crippen LogP contribution in [-0.4, -0.2) is 48.3 Å². The van der Waals surface area contributed by atoms with Crippen molar-refractivity contribution in [2.75, 3.05) is 31.2 Å². The van der Waals surface area contributed by atoms with Gasteiger partial charge in [-0.1, -0.05) is 53.7 Å².